The van der Waals surface area contributed by atoms with Crippen LogP contribution in [0.25, 0.3) is 11.0 Å². The van der Waals surface area contributed by atoms with Crippen molar-refractivity contribution in [3.05, 3.63) is 57.7 Å². The minimum atomic E-state index is -3.63. The zero-order valence-corrected chi connectivity index (χ0v) is 14.0. The van der Waals surface area contributed by atoms with Crippen LogP contribution in [-0.2, 0) is 10.0 Å². The Morgan fingerprint density at radius 3 is 2.40 bits per heavy atom. The summed E-state index contributed by atoms with van der Waals surface area (Å²) in [7, 11) is -3.63. The number of nitrogens with zero attached hydrogens (tertiary/aromatic N) is 2. The summed E-state index contributed by atoms with van der Waals surface area (Å²) in [6.45, 7) is 0. The van der Waals surface area contributed by atoms with Gasteiger partial charge in [-0.15, -0.1) is 0 Å². The summed E-state index contributed by atoms with van der Waals surface area (Å²) in [6, 6.07) is 10.1. The summed E-state index contributed by atoms with van der Waals surface area (Å²) < 4.78 is 28.0. The molecule has 0 unspecified atom stereocenters. The molecule has 20 heavy (non-hydrogen) atoms. The molecule has 0 saturated heterocycles. The maximum absolute atomic E-state index is 12.6. The summed E-state index contributed by atoms with van der Waals surface area (Å²) in [4.78, 5) is 4.40. The van der Waals surface area contributed by atoms with E-state index in [0.717, 1.165) is 14.3 Å². The van der Waals surface area contributed by atoms with Crippen LogP contribution in [0.1, 0.15) is 0 Å². The molecule has 0 N–H and O–H groups in total. The summed E-state index contributed by atoms with van der Waals surface area (Å²) in [6.07, 6.45) is 3.09. The molecule has 0 fully saturated rings. The Bertz CT molecular complexity index is 886. The molecule has 0 aliphatic heterocycles. The van der Waals surface area contributed by atoms with Crippen molar-refractivity contribution >= 4 is 52.9 Å². The van der Waals surface area contributed by atoms with Crippen molar-refractivity contribution in [3.8, 4) is 0 Å². The Balaban J connectivity index is 2.21. The third kappa shape index (κ3) is 2.30. The molecule has 7 heteroatoms. The van der Waals surface area contributed by atoms with Gasteiger partial charge in [0.2, 0.25) is 0 Å². The lowest BCUT2D eigenvalue weighted by Gasteiger charge is -2.07. The average Bonchev–Trinajstić information content (AvgIpc) is 2.82. The van der Waals surface area contributed by atoms with Gasteiger partial charge in [-0.05, 0) is 52.3 Å². The van der Waals surface area contributed by atoms with Crippen molar-refractivity contribution in [2.45, 2.75) is 4.90 Å². The second-order valence-electron chi connectivity index (χ2n) is 4.14. The molecule has 1 aromatic carbocycles. The predicted molar refractivity (Wildman–Crippen MR) is 84.2 cm³/mol. The zero-order chi connectivity index (χ0) is 14.3. The van der Waals surface area contributed by atoms with Gasteiger partial charge in [0.1, 0.15) is 0 Å². The SMILES string of the molecule is O=S(=O)(c1ccc(Br)cc1)n1ccc2cc(Br)cnc21. The van der Waals surface area contributed by atoms with Gasteiger partial charge < -0.3 is 0 Å². The molecular weight excluding hydrogens is 408 g/mol. The van der Waals surface area contributed by atoms with E-state index in [4.69, 9.17) is 0 Å². The second kappa shape index (κ2) is 4.98. The van der Waals surface area contributed by atoms with E-state index in [1.165, 1.54) is 10.2 Å². The lowest BCUT2D eigenvalue weighted by atomic mass is 10.3. The Labute approximate surface area is 132 Å². The fraction of sp³-hybridized carbons (Fsp3) is 0. The Morgan fingerprint density at radius 2 is 1.70 bits per heavy atom. The highest BCUT2D eigenvalue weighted by Gasteiger charge is 2.19. The minimum Gasteiger partial charge on any atom is -0.236 e. The molecule has 3 aromatic rings. The van der Waals surface area contributed by atoms with Crippen molar-refractivity contribution in [3.63, 3.8) is 0 Å². The van der Waals surface area contributed by atoms with Gasteiger partial charge in [-0.25, -0.2) is 17.4 Å². The highest BCUT2D eigenvalue weighted by atomic mass is 79.9. The van der Waals surface area contributed by atoms with Crippen LogP contribution < -0.4 is 0 Å². The van der Waals surface area contributed by atoms with Gasteiger partial charge in [0.15, 0.2) is 5.65 Å². The number of hydrogen-bond donors (Lipinski definition) is 0. The normalized spacial score (nSPS) is 11.9. The predicted octanol–water partition coefficient (Wildman–Crippen LogP) is 3.80. The first kappa shape index (κ1) is 13.8. The van der Waals surface area contributed by atoms with Crippen molar-refractivity contribution < 1.29 is 8.42 Å². The van der Waals surface area contributed by atoms with E-state index < -0.39 is 10.0 Å². The van der Waals surface area contributed by atoms with Crippen LogP contribution in [-0.4, -0.2) is 17.4 Å². The minimum absolute atomic E-state index is 0.225. The third-order valence-corrected chi connectivity index (χ3v) is 5.47. The van der Waals surface area contributed by atoms with Gasteiger partial charge in [0, 0.05) is 26.7 Å². The largest absolute Gasteiger partial charge is 0.269 e. The number of benzene rings is 1. The maximum Gasteiger partial charge on any atom is 0.269 e. The van der Waals surface area contributed by atoms with E-state index in [1.54, 1.807) is 36.5 Å². The molecule has 0 radical (unpaired) electrons. The molecule has 0 amide bonds. The molecule has 102 valence electrons. The van der Waals surface area contributed by atoms with Crippen molar-refractivity contribution in [1.29, 1.82) is 0 Å². The second-order valence-corrected chi connectivity index (χ2v) is 7.78. The number of fused-ring (bicyclic) bond motifs is 1. The number of hydrogen-bond acceptors (Lipinski definition) is 3. The molecule has 4 nitrogen and oxygen atoms in total. The lowest BCUT2D eigenvalue weighted by Crippen LogP contribution is -2.12. The van der Waals surface area contributed by atoms with E-state index >= 15 is 0 Å². The number of halogens is 2. The van der Waals surface area contributed by atoms with Crippen LogP contribution in [0.5, 0.6) is 0 Å². The van der Waals surface area contributed by atoms with Gasteiger partial charge in [-0.1, -0.05) is 15.9 Å². The maximum atomic E-state index is 12.6. The van der Waals surface area contributed by atoms with Crippen molar-refractivity contribution in [2.24, 2.45) is 0 Å². The summed E-state index contributed by atoms with van der Waals surface area (Å²) in [5.41, 5.74) is 0.413. The first-order valence-electron chi connectivity index (χ1n) is 5.62. The number of aromatic nitrogens is 2. The van der Waals surface area contributed by atoms with Crippen LogP contribution in [0.2, 0.25) is 0 Å². The Hall–Kier alpha value is -1.18. The average molecular weight is 416 g/mol. The van der Waals surface area contributed by atoms with E-state index in [0.29, 0.717) is 5.65 Å². The fourth-order valence-electron chi connectivity index (χ4n) is 1.89. The highest BCUT2D eigenvalue weighted by Crippen LogP contribution is 2.23. The Kier molecular flexibility index (Phi) is 3.43. The van der Waals surface area contributed by atoms with E-state index in [2.05, 4.69) is 36.8 Å². The van der Waals surface area contributed by atoms with Crippen LogP contribution in [0, 0.1) is 0 Å². The van der Waals surface area contributed by atoms with Crippen molar-refractivity contribution in [2.75, 3.05) is 0 Å². The van der Waals surface area contributed by atoms with Gasteiger partial charge in [-0.2, -0.15) is 0 Å². The highest BCUT2D eigenvalue weighted by molar-refractivity contribution is 9.10. The van der Waals surface area contributed by atoms with Gasteiger partial charge in [0.05, 0.1) is 4.90 Å². The van der Waals surface area contributed by atoms with E-state index in [9.17, 15) is 8.42 Å². The molecular formula is C13H8Br2N2O2S. The van der Waals surface area contributed by atoms with E-state index in [-0.39, 0.29) is 4.90 Å². The first-order chi connectivity index (χ1) is 9.48. The number of pyridine rings is 1. The zero-order valence-electron chi connectivity index (χ0n) is 9.99. The summed E-state index contributed by atoms with van der Waals surface area (Å²) in [5, 5.41) is 0.764. The number of rotatable bonds is 2. The molecule has 3 rings (SSSR count). The monoisotopic (exact) mass is 414 g/mol. The van der Waals surface area contributed by atoms with Crippen LogP contribution >= 0.6 is 31.9 Å². The fourth-order valence-corrected chi connectivity index (χ4v) is 3.81. The summed E-state index contributed by atoms with van der Waals surface area (Å²) in [5.74, 6) is 0. The molecule has 0 aliphatic carbocycles. The van der Waals surface area contributed by atoms with Crippen LogP contribution in [0.15, 0.2) is 62.6 Å². The third-order valence-electron chi connectivity index (χ3n) is 2.83. The summed E-state index contributed by atoms with van der Waals surface area (Å²) >= 11 is 6.61. The molecule has 0 atom stereocenters. The molecule has 0 aliphatic rings. The quantitative estimate of drug-likeness (QED) is 0.639. The first-order valence-corrected chi connectivity index (χ1v) is 8.65. The van der Waals surface area contributed by atoms with Crippen LogP contribution in [0.3, 0.4) is 0 Å². The standard InChI is InChI=1S/C13H8Br2N2O2S/c14-10-1-3-12(4-2-10)20(18,19)17-6-5-9-7-11(15)8-16-13(9)17/h1-8H. The van der Waals surface area contributed by atoms with Gasteiger partial charge in [-0.3, -0.25) is 0 Å². The topological polar surface area (TPSA) is 52.0 Å². The van der Waals surface area contributed by atoms with Crippen LogP contribution in [0.4, 0.5) is 0 Å². The Morgan fingerprint density at radius 1 is 1.00 bits per heavy atom. The van der Waals surface area contributed by atoms with Crippen molar-refractivity contribution in [1.82, 2.24) is 8.96 Å². The smallest absolute Gasteiger partial charge is 0.236 e. The van der Waals surface area contributed by atoms with E-state index in [1.807, 2.05) is 6.07 Å². The molecule has 0 spiro atoms. The molecule has 0 saturated carbocycles. The molecule has 0 bridgehead atoms. The molecule has 2 heterocycles. The molecule has 2 aromatic heterocycles. The van der Waals surface area contributed by atoms with Gasteiger partial charge >= 0.3 is 0 Å². The lowest BCUT2D eigenvalue weighted by molar-refractivity contribution is 0.588. The van der Waals surface area contributed by atoms with Gasteiger partial charge in [0.25, 0.3) is 10.0 Å².